The largest absolute Gasteiger partial charge is 0.469 e. The lowest BCUT2D eigenvalue weighted by Crippen LogP contribution is -2.44. The van der Waals surface area contributed by atoms with Gasteiger partial charge >= 0.3 is 0 Å². The Morgan fingerprint density at radius 1 is 1.35 bits per heavy atom. The summed E-state index contributed by atoms with van der Waals surface area (Å²) in [6.07, 6.45) is 3.49. The van der Waals surface area contributed by atoms with Crippen molar-refractivity contribution in [2.45, 2.75) is 25.8 Å². The number of hydrogen-bond acceptors (Lipinski definition) is 4. The molecule has 0 aliphatic heterocycles. The van der Waals surface area contributed by atoms with Gasteiger partial charge in [0.05, 0.1) is 12.9 Å². The molecular weight excluding hydrogens is 310 g/mol. The summed E-state index contributed by atoms with van der Waals surface area (Å²) in [5.74, 6) is 1.79. The number of hydrogen-bond donors (Lipinski definition) is 2. The minimum absolute atomic E-state index is 0.205. The maximum atomic E-state index is 5.35. The van der Waals surface area contributed by atoms with Crippen molar-refractivity contribution in [1.82, 2.24) is 10.6 Å². The Morgan fingerprint density at radius 3 is 2.96 bits per heavy atom. The smallest absolute Gasteiger partial charge is 0.191 e. The number of nitrogens with zero attached hydrogens (tertiary/aromatic N) is 1. The molecule has 0 saturated carbocycles. The van der Waals surface area contributed by atoms with Gasteiger partial charge in [0.15, 0.2) is 5.96 Å². The molecule has 0 amide bonds. The van der Waals surface area contributed by atoms with Crippen LogP contribution in [0.3, 0.4) is 0 Å². The monoisotopic (exact) mass is 335 g/mol. The second kappa shape index (κ2) is 10.1. The molecule has 0 saturated heterocycles. The van der Waals surface area contributed by atoms with Crippen molar-refractivity contribution in [3.8, 4) is 0 Å². The highest BCUT2D eigenvalue weighted by atomic mass is 32.1. The van der Waals surface area contributed by atoms with Crippen molar-refractivity contribution >= 4 is 17.3 Å². The molecule has 2 N–H and O–H groups in total. The number of rotatable bonds is 9. The zero-order valence-corrected chi connectivity index (χ0v) is 14.6. The summed E-state index contributed by atoms with van der Waals surface area (Å²) >= 11 is 1.77. The van der Waals surface area contributed by atoms with E-state index in [-0.39, 0.29) is 6.04 Å². The molecule has 2 aromatic heterocycles. The molecule has 2 heterocycles. The lowest BCUT2D eigenvalue weighted by atomic mass is 10.3. The van der Waals surface area contributed by atoms with E-state index in [2.05, 4.69) is 40.1 Å². The Labute approximate surface area is 141 Å². The van der Waals surface area contributed by atoms with Crippen LogP contribution in [0.1, 0.15) is 17.6 Å². The van der Waals surface area contributed by atoms with E-state index in [4.69, 9.17) is 9.15 Å². The highest BCUT2D eigenvalue weighted by molar-refractivity contribution is 7.09. The molecule has 2 aromatic rings. The van der Waals surface area contributed by atoms with Gasteiger partial charge in [0, 0.05) is 44.0 Å². The highest BCUT2D eigenvalue weighted by Crippen LogP contribution is 2.08. The molecule has 0 aliphatic carbocycles. The van der Waals surface area contributed by atoms with E-state index in [1.165, 1.54) is 4.88 Å². The van der Waals surface area contributed by atoms with Crippen LogP contribution in [0, 0.1) is 0 Å². The van der Waals surface area contributed by atoms with Crippen LogP contribution < -0.4 is 10.6 Å². The van der Waals surface area contributed by atoms with Gasteiger partial charge < -0.3 is 19.8 Å². The lowest BCUT2D eigenvalue weighted by molar-refractivity contribution is 0.179. The van der Waals surface area contributed by atoms with Crippen LogP contribution in [-0.2, 0) is 17.6 Å². The van der Waals surface area contributed by atoms with E-state index in [1.54, 1.807) is 24.7 Å². The number of thiophene rings is 1. The van der Waals surface area contributed by atoms with E-state index >= 15 is 0 Å². The third kappa shape index (κ3) is 6.88. The first-order valence-electron chi connectivity index (χ1n) is 7.86. The van der Waals surface area contributed by atoms with Crippen molar-refractivity contribution < 1.29 is 9.15 Å². The van der Waals surface area contributed by atoms with Gasteiger partial charge in [0.2, 0.25) is 0 Å². The summed E-state index contributed by atoms with van der Waals surface area (Å²) < 4.78 is 10.5. The van der Waals surface area contributed by atoms with Gasteiger partial charge in [0.25, 0.3) is 0 Å². The molecule has 0 aliphatic rings. The minimum atomic E-state index is 0.205. The Morgan fingerprint density at radius 2 is 2.26 bits per heavy atom. The third-order valence-electron chi connectivity index (χ3n) is 3.25. The van der Waals surface area contributed by atoms with Crippen LogP contribution in [-0.4, -0.2) is 38.8 Å². The SMILES string of the molecule is COCC(C)NC(=NCCc1cccs1)NCCc1ccco1. The molecule has 0 bridgehead atoms. The van der Waals surface area contributed by atoms with E-state index in [1.807, 2.05) is 12.1 Å². The number of methoxy groups -OCH3 is 1. The van der Waals surface area contributed by atoms with Crippen LogP contribution in [0.2, 0.25) is 0 Å². The first-order valence-corrected chi connectivity index (χ1v) is 8.74. The van der Waals surface area contributed by atoms with E-state index in [0.29, 0.717) is 6.61 Å². The standard InChI is InChI=1S/C17H25N3O2S/c1-14(13-21-2)20-17(18-9-7-15-5-3-11-22-15)19-10-8-16-6-4-12-23-16/h3-6,11-12,14H,7-10,13H2,1-2H3,(H2,18,19,20). The fourth-order valence-corrected chi connectivity index (χ4v) is 2.87. The number of guanidine groups is 1. The van der Waals surface area contributed by atoms with Gasteiger partial charge in [-0.1, -0.05) is 6.07 Å². The van der Waals surface area contributed by atoms with Crippen molar-refractivity contribution in [3.63, 3.8) is 0 Å². The summed E-state index contributed by atoms with van der Waals surface area (Å²) in [5.41, 5.74) is 0. The molecule has 0 radical (unpaired) electrons. The van der Waals surface area contributed by atoms with E-state index < -0.39 is 0 Å². The van der Waals surface area contributed by atoms with Crippen LogP contribution in [0.4, 0.5) is 0 Å². The average Bonchev–Trinajstić information content (AvgIpc) is 3.20. The Bertz CT molecular complexity index is 552. The zero-order valence-electron chi connectivity index (χ0n) is 13.7. The molecule has 1 atom stereocenters. The molecular formula is C17H25N3O2S. The minimum Gasteiger partial charge on any atom is -0.469 e. The van der Waals surface area contributed by atoms with Crippen molar-refractivity contribution in [2.24, 2.45) is 4.99 Å². The van der Waals surface area contributed by atoms with Gasteiger partial charge in [-0.3, -0.25) is 4.99 Å². The van der Waals surface area contributed by atoms with Crippen molar-refractivity contribution in [2.75, 3.05) is 26.8 Å². The molecule has 0 spiro atoms. The molecule has 126 valence electrons. The van der Waals surface area contributed by atoms with E-state index in [9.17, 15) is 0 Å². The Hall–Kier alpha value is -1.79. The van der Waals surface area contributed by atoms with Crippen LogP contribution in [0.15, 0.2) is 45.3 Å². The van der Waals surface area contributed by atoms with Gasteiger partial charge in [-0.15, -0.1) is 11.3 Å². The van der Waals surface area contributed by atoms with Crippen molar-refractivity contribution in [3.05, 3.63) is 46.5 Å². The van der Waals surface area contributed by atoms with E-state index in [0.717, 1.165) is 37.7 Å². The number of furan rings is 1. The quantitative estimate of drug-likeness (QED) is 0.546. The molecule has 23 heavy (non-hydrogen) atoms. The van der Waals surface area contributed by atoms with Crippen molar-refractivity contribution in [1.29, 1.82) is 0 Å². The second-order valence-electron chi connectivity index (χ2n) is 5.32. The van der Waals surface area contributed by atoms with Crippen LogP contribution >= 0.6 is 11.3 Å². The summed E-state index contributed by atoms with van der Waals surface area (Å²) in [5, 5.41) is 8.82. The number of nitrogens with one attached hydrogen (secondary N) is 2. The summed E-state index contributed by atoms with van der Waals surface area (Å²) in [7, 11) is 1.70. The molecule has 0 aromatic carbocycles. The fraction of sp³-hybridized carbons (Fsp3) is 0.471. The second-order valence-corrected chi connectivity index (χ2v) is 6.35. The summed E-state index contributed by atoms with van der Waals surface area (Å²) in [6, 6.07) is 8.31. The third-order valence-corrected chi connectivity index (χ3v) is 4.19. The fourth-order valence-electron chi connectivity index (χ4n) is 2.17. The molecule has 0 fully saturated rings. The lowest BCUT2D eigenvalue weighted by Gasteiger charge is -2.17. The topological polar surface area (TPSA) is 58.8 Å². The van der Waals surface area contributed by atoms with Gasteiger partial charge in [-0.05, 0) is 30.5 Å². The Balaban J connectivity index is 1.82. The maximum absolute atomic E-state index is 5.35. The summed E-state index contributed by atoms with van der Waals surface area (Å²) in [4.78, 5) is 6.01. The van der Waals surface area contributed by atoms with Crippen LogP contribution in [0.5, 0.6) is 0 Å². The Kier molecular flexibility index (Phi) is 7.69. The summed E-state index contributed by atoms with van der Waals surface area (Å²) in [6.45, 7) is 4.25. The predicted octanol–water partition coefficient (Wildman–Crippen LogP) is 2.70. The number of ether oxygens (including phenoxy) is 1. The molecule has 6 heteroatoms. The predicted molar refractivity (Wildman–Crippen MR) is 95.2 cm³/mol. The maximum Gasteiger partial charge on any atom is 0.191 e. The van der Waals surface area contributed by atoms with Gasteiger partial charge in [-0.25, -0.2) is 0 Å². The first-order chi connectivity index (χ1) is 11.3. The van der Waals surface area contributed by atoms with Gasteiger partial charge in [-0.2, -0.15) is 0 Å². The molecule has 5 nitrogen and oxygen atoms in total. The highest BCUT2D eigenvalue weighted by Gasteiger charge is 2.05. The van der Waals surface area contributed by atoms with Gasteiger partial charge in [0.1, 0.15) is 5.76 Å². The molecule has 2 rings (SSSR count). The normalized spacial score (nSPS) is 13.0. The average molecular weight is 335 g/mol. The number of aliphatic imine (C=N–C) groups is 1. The molecule has 1 unspecified atom stereocenters. The zero-order chi connectivity index (χ0) is 16.3. The van der Waals surface area contributed by atoms with Crippen LogP contribution in [0.25, 0.3) is 0 Å². The first kappa shape index (κ1) is 17.6.